The topological polar surface area (TPSA) is 39.2 Å². The Hall–Kier alpha value is -1.22. The quantitative estimate of drug-likeness (QED) is 0.513. The summed E-state index contributed by atoms with van der Waals surface area (Å²) in [6.07, 6.45) is 4.58. The Labute approximate surface area is 84.1 Å². The molecule has 0 aromatic carbocycles. The SMILES string of the molecule is CCOCCCC(=O)c1cccnc1. The molecule has 0 unspecified atom stereocenters. The van der Waals surface area contributed by atoms with Gasteiger partial charge in [-0.25, -0.2) is 0 Å². The van der Waals surface area contributed by atoms with E-state index in [0.717, 1.165) is 6.42 Å². The van der Waals surface area contributed by atoms with Gasteiger partial charge in [0.1, 0.15) is 0 Å². The lowest BCUT2D eigenvalue weighted by atomic mass is 10.1. The van der Waals surface area contributed by atoms with E-state index in [1.807, 2.05) is 6.92 Å². The highest BCUT2D eigenvalue weighted by Gasteiger charge is 2.04. The molecule has 3 nitrogen and oxygen atoms in total. The summed E-state index contributed by atoms with van der Waals surface area (Å²) in [5.41, 5.74) is 0.684. The van der Waals surface area contributed by atoms with Crippen LogP contribution in [-0.2, 0) is 4.74 Å². The van der Waals surface area contributed by atoms with Crippen molar-refractivity contribution in [3.8, 4) is 0 Å². The van der Waals surface area contributed by atoms with Crippen molar-refractivity contribution in [1.82, 2.24) is 4.98 Å². The molecule has 0 bridgehead atoms. The van der Waals surface area contributed by atoms with Crippen LogP contribution in [0.15, 0.2) is 24.5 Å². The van der Waals surface area contributed by atoms with Crippen molar-refractivity contribution in [3.63, 3.8) is 0 Å². The van der Waals surface area contributed by atoms with Crippen LogP contribution in [0.25, 0.3) is 0 Å². The number of aromatic nitrogens is 1. The normalized spacial score (nSPS) is 10.1. The van der Waals surface area contributed by atoms with Gasteiger partial charge in [-0.3, -0.25) is 9.78 Å². The van der Waals surface area contributed by atoms with E-state index in [1.54, 1.807) is 24.5 Å². The van der Waals surface area contributed by atoms with Crippen LogP contribution in [0.1, 0.15) is 30.1 Å². The number of ether oxygens (including phenoxy) is 1. The van der Waals surface area contributed by atoms with Crippen LogP contribution in [0.5, 0.6) is 0 Å². The molecule has 76 valence electrons. The molecule has 0 radical (unpaired) electrons. The minimum atomic E-state index is 0.137. The van der Waals surface area contributed by atoms with E-state index in [0.29, 0.717) is 25.2 Å². The first-order valence-corrected chi connectivity index (χ1v) is 4.85. The fourth-order valence-corrected chi connectivity index (χ4v) is 1.15. The number of rotatable bonds is 6. The van der Waals surface area contributed by atoms with E-state index in [4.69, 9.17) is 4.74 Å². The smallest absolute Gasteiger partial charge is 0.164 e. The van der Waals surface area contributed by atoms with Crippen molar-refractivity contribution in [2.24, 2.45) is 0 Å². The molecule has 0 aliphatic rings. The van der Waals surface area contributed by atoms with Crippen molar-refractivity contribution in [2.75, 3.05) is 13.2 Å². The monoisotopic (exact) mass is 193 g/mol. The zero-order valence-electron chi connectivity index (χ0n) is 8.40. The molecule has 0 aliphatic carbocycles. The molecule has 1 aromatic rings. The molecule has 1 heterocycles. The largest absolute Gasteiger partial charge is 0.382 e. The number of Topliss-reactive ketones (excluding diaryl/α,β-unsaturated/α-hetero) is 1. The Morgan fingerprint density at radius 2 is 2.43 bits per heavy atom. The Balaban J connectivity index is 2.29. The zero-order chi connectivity index (χ0) is 10.2. The van der Waals surface area contributed by atoms with Gasteiger partial charge < -0.3 is 4.74 Å². The Morgan fingerprint density at radius 1 is 1.57 bits per heavy atom. The predicted molar refractivity (Wildman–Crippen MR) is 54.3 cm³/mol. The van der Waals surface area contributed by atoms with Crippen LogP contribution in [0.4, 0.5) is 0 Å². The van der Waals surface area contributed by atoms with Crippen LogP contribution in [0, 0.1) is 0 Å². The van der Waals surface area contributed by atoms with Gasteiger partial charge in [-0.15, -0.1) is 0 Å². The number of ketones is 1. The maximum atomic E-state index is 11.5. The van der Waals surface area contributed by atoms with Crippen LogP contribution in [0.3, 0.4) is 0 Å². The lowest BCUT2D eigenvalue weighted by molar-refractivity contribution is 0.0946. The molecule has 3 heteroatoms. The summed E-state index contributed by atoms with van der Waals surface area (Å²) < 4.78 is 5.15. The summed E-state index contributed by atoms with van der Waals surface area (Å²) in [6, 6.07) is 3.56. The first kappa shape index (κ1) is 10.9. The second-order valence-electron chi connectivity index (χ2n) is 2.97. The first-order valence-electron chi connectivity index (χ1n) is 4.85. The number of hydrogen-bond acceptors (Lipinski definition) is 3. The van der Waals surface area contributed by atoms with Gasteiger partial charge in [0.15, 0.2) is 5.78 Å². The van der Waals surface area contributed by atoms with Crippen molar-refractivity contribution in [1.29, 1.82) is 0 Å². The molecule has 1 aromatic heterocycles. The van der Waals surface area contributed by atoms with Crippen LogP contribution >= 0.6 is 0 Å². The first-order chi connectivity index (χ1) is 6.84. The molecule has 1 rings (SSSR count). The average Bonchev–Trinajstić information content (AvgIpc) is 2.25. The number of nitrogens with zero attached hydrogens (tertiary/aromatic N) is 1. The number of pyridine rings is 1. The Kier molecular flexibility index (Phi) is 4.86. The van der Waals surface area contributed by atoms with Gasteiger partial charge in [-0.2, -0.15) is 0 Å². The third kappa shape index (κ3) is 3.66. The molecule has 0 saturated heterocycles. The van der Waals surface area contributed by atoms with E-state index in [9.17, 15) is 4.79 Å². The summed E-state index contributed by atoms with van der Waals surface area (Å²) in [5, 5.41) is 0. The Bertz CT molecular complexity index is 272. The van der Waals surface area contributed by atoms with Crippen molar-refractivity contribution >= 4 is 5.78 Å². The van der Waals surface area contributed by atoms with Crippen molar-refractivity contribution in [2.45, 2.75) is 19.8 Å². The van der Waals surface area contributed by atoms with E-state index in [1.165, 1.54) is 0 Å². The zero-order valence-corrected chi connectivity index (χ0v) is 8.40. The van der Waals surface area contributed by atoms with E-state index in [-0.39, 0.29) is 5.78 Å². The fraction of sp³-hybridized carbons (Fsp3) is 0.455. The van der Waals surface area contributed by atoms with Gasteiger partial charge in [0.05, 0.1) is 0 Å². The second kappa shape index (κ2) is 6.27. The minimum absolute atomic E-state index is 0.137. The van der Waals surface area contributed by atoms with Gasteiger partial charge >= 0.3 is 0 Å². The molecule has 0 spiro atoms. The molecule has 0 fully saturated rings. The number of carbonyl (C=O) groups is 1. The van der Waals surface area contributed by atoms with E-state index in [2.05, 4.69) is 4.98 Å². The van der Waals surface area contributed by atoms with E-state index < -0.39 is 0 Å². The average molecular weight is 193 g/mol. The molecule has 0 saturated carbocycles. The van der Waals surface area contributed by atoms with Crippen LogP contribution in [0.2, 0.25) is 0 Å². The van der Waals surface area contributed by atoms with Crippen LogP contribution < -0.4 is 0 Å². The van der Waals surface area contributed by atoms with Gasteiger partial charge in [-0.05, 0) is 25.5 Å². The maximum absolute atomic E-state index is 11.5. The third-order valence-electron chi connectivity index (χ3n) is 1.88. The summed E-state index contributed by atoms with van der Waals surface area (Å²) in [6.45, 7) is 3.31. The lowest BCUT2D eigenvalue weighted by Crippen LogP contribution is -2.02. The Morgan fingerprint density at radius 3 is 3.07 bits per heavy atom. The summed E-state index contributed by atoms with van der Waals surface area (Å²) >= 11 is 0. The summed E-state index contributed by atoms with van der Waals surface area (Å²) in [7, 11) is 0. The van der Waals surface area contributed by atoms with Gasteiger partial charge in [0, 0.05) is 37.6 Å². The standard InChI is InChI=1S/C11H15NO2/c1-2-14-8-4-6-11(13)10-5-3-7-12-9-10/h3,5,7,9H,2,4,6,8H2,1H3. The highest BCUT2D eigenvalue weighted by molar-refractivity contribution is 5.95. The molecular formula is C11H15NO2. The molecule has 0 aliphatic heterocycles. The van der Waals surface area contributed by atoms with Gasteiger partial charge in [0.25, 0.3) is 0 Å². The van der Waals surface area contributed by atoms with Gasteiger partial charge in [-0.1, -0.05) is 0 Å². The molecule has 0 amide bonds. The predicted octanol–water partition coefficient (Wildman–Crippen LogP) is 2.08. The van der Waals surface area contributed by atoms with Gasteiger partial charge in [0.2, 0.25) is 0 Å². The van der Waals surface area contributed by atoms with Crippen molar-refractivity contribution in [3.05, 3.63) is 30.1 Å². The summed E-state index contributed by atoms with van der Waals surface area (Å²) in [5.74, 6) is 0.137. The molecule has 14 heavy (non-hydrogen) atoms. The number of hydrogen-bond donors (Lipinski definition) is 0. The fourth-order valence-electron chi connectivity index (χ4n) is 1.15. The number of carbonyl (C=O) groups excluding carboxylic acids is 1. The second-order valence-corrected chi connectivity index (χ2v) is 2.97. The van der Waals surface area contributed by atoms with Crippen LogP contribution in [-0.4, -0.2) is 24.0 Å². The molecule has 0 N–H and O–H groups in total. The lowest BCUT2D eigenvalue weighted by Gasteiger charge is -2.00. The van der Waals surface area contributed by atoms with Crippen molar-refractivity contribution < 1.29 is 9.53 Å². The highest BCUT2D eigenvalue weighted by Crippen LogP contribution is 2.03. The summed E-state index contributed by atoms with van der Waals surface area (Å²) in [4.78, 5) is 15.4. The minimum Gasteiger partial charge on any atom is -0.382 e. The maximum Gasteiger partial charge on any atom is 0.164 e. The third-order valence-corrected chi connectivity index (χ3v) is 1.88. The molecule has 0 atom stereocenters. The molecular weight excluding hydrogens is 178 g/mol. The highest BCUT2D eigenvalue weighted by atomic mass is 16.5. The van der Waals surface area contributed by atoms with E-state index >= 15 is 0 Å².